The van der Waals surface area contributed by atoms with E-state index in [0.29, 0.717) is 12.1 Å². The van der Waals surface area contributed by atoms with Gasteiger partial charge in [-0.1, -0.05) is 62.7 Å². The lowest BCUT2D eigenvalue weighted by atomic mass is 9.84. The summed E-state index contributed by atoms with van der Waals surface area (Å²) in [6, 6.07) is 13.2. The van der Waals surface area contributed by atoms with Crippen LogP contribution in [0.2, 0.25) is 0 Å². The quantitative estimate of drug-likeness (QED) is 0.385. The number of carbonyl (C=O) groups is 2. The van der Waals surface area contributed by atoms with Crippen molar-refractivity contribution in [3.8, 4) is 0 Å². The Hall–Kier alpha value is -2.92. The Morgan fingerprint density at radius 3 is 2.36 bits per heavy atom. The van der Waals surface area contributed by atoms with Crippen LogP contribution in [0.25, 0.3) is 5.76 Å². The number of aliphatic hydroxyl groups excluding tert-OH is 1. The number of aryl methyl sites for hydroxylation is 2. The van der Waals surface area contributed by atoms with Gasteiger partial charge < -0.3 is 14.9 Å². The first-order valence-corrected chi connectivity index (χ1v) is 11.5. The molecule has 1 aliphatic rings. The molecule has 176 valence electrons. The summed E-state index contributed by atoms with van der Waals surface area (Å²) in [7, 11) is 3.97. The molecule has 0 saturated carbocycles. The zero-order valence-electron chi connectivity index (χ0n) is 20.9. The van der Waals surface area contributed by atoms with E-state index in [1.807, 2.05) is 70.4 Å². The van der Waals surface area contributed by atoms with Gasteiger partial charge in [0.2, 0.25) is 0 Å². The monoisotopic (exact) mass is 448 g/mol. The van der Waals surface area contributed by atoms with Gasteiger partial charge in [0.1, 0.15) is 5.76 Å². The molecule has 2 aromatic rings. The summed E-state index contributed by atoms with van der Waals surface area (Å²) in [5.74, 6) is -1.27. The van der Waals surface area contributed by atoms with Gasteiger partial charge in [0, 0.05) is 12.1 Å². The average Bonchev–Trinajstić information content (AvgIpc) is 2.97. The molecule has 1 atom stereocenters. The number of ketones is 1. The molecule has 0 spiro atoms. The molecule has 5 heteroatoms. The molecular weight excluding hydrogens is 412 g/mol. The van der Waals surface area contributed by atoms with Crippen molar-refractivity contribution in [2.45, 2.75) is 52.5 Å². The normalized spacial score (nSPS) is 18.4. The van der Waals surface area contributed by atoms with E-state index in [1.54, 1.807) is 4.90 Å². The molecule has 33 heavy (non-hydrogen) atoms. The Balaban J connectivity index is 2.18. The fourth-order valence-electron chi connectivity index (χ4n) is 4.34. The number of hydrogen-bond donors (Lipinski definition) is 1. The largest absolute Gasteiger partial charge is 0.507 e. The second-order valence-corrected chi connectivity index (χ2v) is 10.3. The van der Waals surface area contributed by atoms with E-state index in [1.165, 1.54) is 0 Å². The molecule has 0 bridgehead atoms. The third-order valence-corrected chi connectivity index (χ3v) is 6.26. The summed E-state index contributed by atoms with van der Waals surface area (Å²) in [4.78, 5) is 30.1. The zero-order valence-corrected chi connectivity index (χ0v) is 20.9. The highest BCUT2D eigenvalue weighted by Crippen LogP contribution is 2.40. The predicted octanol–water partition coefficient (Wildman–Crippen LogP) is 4.97. The molecule has 2 aromatic carbocycles. The second kappa shape index (κ2) is 9.52. The maximum Gasteiger partial charge on any atom is 0.295 e. The summed E-state index contributed by atoms with van der Waals surface area (Å²) in [6.45, 7) is 11.5. The van der Waals surface area contributed by atoms with Crippen molar-refractivity contribution in [1.82, 2.24) is 9.80 Å². The van der Waals surface area contributed by atoms with E-state index in [2.05, 4.69) is 25.7 Å². The lowest BCUT2D eigenvalue weighted by molar-refractivity contribution is -0.139. The van der Waals surface area contributed by atoms with Gasteiger partial charge in [0.25, 0.3) is 11.7 Å². The van der Waals surface area contributed by atoms with Gasteiger partial charge in [-0.15, -0.1) is 0 Å². The third kappa shape index (κ3) is 5.19. The highest BCUT2D eigenvalue weighted by molar-refractivity contribution is 6.46. The van der Waals surface area contributed by atoms with Crippen LogP contribution in [0.15, 0.2) is 48.0 Å². The number of Topliss-reactive ketones (excluding diaryl/α,β-unsaturated/α-hetero) is 1. The molecule has 1 fully saturated rings. The SMILES string of the molecule is Cc1cccc(C2/C(=C(\O)c3cc(C(C)(C)C)ccc3C)C(=O)C(=O)N2CCCN(C)C)c1. The van der Waals surface area contributed by atoms with Crippen LogP contribution in [-0.2, 0) is 15.0 Å². The number of carbonyl (C=O) groups excluding carboxylic acids is 2. The average molecular weight is 449 g/mol. The van der Waals surface area contributed by atoms with Crippen LogP contribution in [0, 0.1) is 13.8 Å². The van der Waals surface area contributed by atoms with E-state index in [9.17, 15) is 14.7 Å². The second-order valence-electron chi connectivity index (χ2n) is 10.3. The molecule has 3 rings (SSSR count). The van der Waals surface area contributed by atoms with Gasteiger partial charge in [0.05, 0.1) is 11.6 Å². The Kier molecular flexibility index (Phi) is 7.13. The third-order valence-electron chi connectivity index (χ3n) is 6.26. The van der Waals surface area contributed by atoms with Crippen LogP contribution in [0.5, 0.6) is 0 Å². The summed E-state index contributed by atoms with van der Waals surface area (Å²) in [5, 5.41) is 11.5. The summed E-state index contributed by atoms with van der Waals surface area (Å²) in [5.41, 5.74) is 4.46. The molecule has 1 N–H and O–H groups in total. The lowest BCUT2D eigenvalue weighted by Gasteiger charge is -2.26. The molecule has 1 saturated heterocycles. The molecule has 0 aromatic heterocycles. The number of nitrogens with zero attached hydrogens (tertiary/aromatic N) is 2. The van der Waals surface area contributed by atoms with Crippen molar-refractivity contribution in [2.24, 2.45) is 0 Å². The Morgan fingerprint density at radius 1 is 1.06 bits per heavy atom. The van der Waals surface area contributed by atoms with Crippen LogP contribution in [-0.4, -0.2) is 53.8 Å². The number of benzene rings is 2. The van der Waals surface area contributed by atoms with Gasteiger partial charge in [-0.05, 0) is 69.1 Å². The van der Waals surface area contributed by atoms with Crippen LogP contribution >= 0.6 is 0 Å². The predicted molar refractivity (Wildman–Crippen MR) is 133 cm³/mol. The molecule has 1 heterocycles. The van der Waals surface area contributed by atoms with Crippen molar-refractivity contribution < 1.29 is 14.7 Å². The summed E-state index contributed by atoms with van der Waals surface area (Å²) < 4.78 is 0. The van der Waals surface area contributed by atoms with E-state index in [0.717, 1.165) is 35.2 Å². The summed E-state index contributed by atoms with van der Waals surface area (Å²) >= 11 is 0. The number of amides is 1. The standard InChI is InChI=1S/C28H36N2O3/c1-18-10-8-11-20(16-18)24-23(26(32)27(33)30(24)15-9-14-29(6)7)25(31)22-17-21(28(3,4)5)13-12-19(22)2/h8,10-13,16-17,24,31H,9,14-15H2,1-7H3/b25-23+. The van der Waals surface area contributed by atoms with Crippen molar-refractivity contribution in [1.29, 1.82) is 0 Å². The van der Waals surface area contributed by atoms with Gasteiger partial charge in [-0.3, -0.25) is 9.59 Å². The van der Waals surface area contributed by atoms with Gasteiger partial charge in [-0.25, -0.2) is 0 Å². The fourth-order valence-corrected chi connectivity index (χ4v) is 4.34. The Labute approximate surface area is 197 Å². The maximum atomic E-state index is 13.3. The van der Waals surface area contributed by atoms with Crippen LogP contribution < -0.4 is 0 Å². The van der Waals surface area contributed by atoms with E-state index >= 15 is 0 Å². The van der Waals surface area contributed by atoms with Gasteiger partial charge >= 0.3 is 0 Å². The Morgan fingerprint density at radius 2 is 1.76 bits per heavy atom. The van der Waals surface area contributed by atoms with E-state index < -0.39 is 17.7 Å². The number of aliphatic hydroxyl groups is 1. The van der Waals surface area contributed by atoms with Crippen LogP contribution in [0.3, 0.4) is 0 Å². The van der Waals surface area contributed by atoms with Crippen LogP contribution in [0.1, 0.15) is 61.1 Å². The minimum atomic E-state index is -0.621. The van der Waals surface area contributed by atoms with E-state index in [4.69, 9.17) is 0 Å². The molecule has 5 nitrogen and oxygen atoms in total. The summed E-state index contributed by atoms with van der Waals surface area (Å²) in [6.07, 6.45) is 0.737. The Bertz CT molecular complexity index is 1090. The fraction of sp³-hybridized carbons (Fsp3) is 0.429. The van der Waals surface area contributed by atoms with Crippen LogP contribution in [0.4, 0.5) is 0 Å². The molecule has 0 radical (unpaired) electrons. The minimum absolute atomic E-state index is 0.0986. The molecule has 1 aliphatic heterocycles. The zero-order chi connectivity index (χ0) is 24.5. The van der Waals surface area contributed by atoms with Gasteiger partial charge in [-0.2, -0.15) is 0 Å². The lowest BCUT2D eigenvalue weighted by Crippen LogP contribution is -2.32. The first-order chi connectivity index (χ1) is 15.4. The molecule has 0 aliphatic carbocycles. The molecular formula is C28H36N2O3. The highest BCUT2D eigenvalue weighted by atomic mass is 16.3. The number of rotatable bonds is 6. The van der Waals surface area contributed by atoms with E-state index in [-0.39, 0.29) is 16.7 Å². The van der Waals surface area contributed by atoms with Gasteiger partial charge in [0.15, 0.2) is 0 Å². The maximum absolute atomic E-state index is 13.3. The minimum Gasteiger partial charge on any atom is -0.507 e. The van der Waals surface area contributed by atoms with Crippen molar-refractivity contribution in [3.05, 3.63) is 75.9 Å². The highest BCUT2D eigenvalue weighted by Gasteiger charge is 2.46. The van der Waals surface area contributed by atoms with Crippen molar-refractivity contribution in [3.63, 3.8) is 0 Å². The first kappa shape index (κ1) is 24.7. The smallest absolute Gasteiger partial charge is 0.295 e. The topological polar surface area (TPSA) is 60.9 Å². The van der Waals surface area contributed by atoms with Crippen molar-refractivity contribution >= 4 is 17.4 Å². The first-order valence-electron chi connectivity index (χ1n) is 11.5. The molecule has 1 unspecified atom stereocenters. The number of likely N-dealkylation sites (tertiary alicyclic amines) is 1. The number of hydrogen-bond acceptors (Lipinski definition) is 4. The molecule has 1 amide bonds. The van der Waals surface area contributed by atoms with Crippen molar-refractivity contribution in [2.75, 3.05) is 27.2 Å².